The first-order chi connectivity index (χ1) is 7.10. The van der Waals surface area contributed by atoms with Gasteiger partial charge in [0.2, 0.25) is 0 Å². The van der Waals surface area contributed by atoms with Crippen molar-refractivity contribution in [1.29, 1.82) is 0 Å². The number of hydrogen-bond acceptors (Lipinski definition) is 2. The highest BCUT2D eigenvalue weighted by molar-refractivity contribution is 5.27. The van der Waals surface area contributed by atoms with Gasteiger partial charge < -0.3 is 10.4 Å². The summed E-state index contributed by atoms with van der Waals surface area (Å²) in [6, 6.07) is 8.35. The fourth-order valence-corrected chi connectivity index (χ4v) is 2.26. The molecule has 0 aromatic heterocycles. The zero-order valence-electron chi connectivity index (χ0n) is 9.46. The summed E-state index contributed by atoms with van der Waals surface area (Å²) in [5, 5.41) is 13.9. The molecule has 1 aromatic rings. The van der Waals surface area contributed by atoms with E-state index in [-0.39, 0.29) is 6.04 Å². The van der Waals surface area contributed by atoms with Crippen molar-refractivity contribution in [3.63, 3.8) is 0 Å². The topological polar surface area (TPSA) is 32.3 Å². The van der Waals surface area contributed by atoms with Crippen molar-refractivity contribution >= 4 is 0 Å². The van der Waals surface area contributed by atoms with Crippen molar-refractivity contribution < 1.29 is 5.11 Å². The smallest absolute Gasteiger partial charge is 0.102 e. The second kappa shape index (κ2) is 3.95. The Morgan fingerprint density at radius 1 is 1.33 bits per heavy atom. The van der Waals surface area contributed by atoms with E-state index in [0.717, 1.165) is 24.9 Å². The highest BCUT2D eigenvalue weighted by Gasteiger charge is 2.35. The quantitative estimate of drug-likeness (QED) is 0.773. The number of aryl methyl sites for hydroxylation is 1. The Labute approximate surface area is 91.3 Å². The molecule has 0 spiro atoms. The van der Waals surface area contributed by atoms with Crippen LogP contribution < -0.4 is 5.32 Å². The summed E-state index contributed by atoms with van der Waals surface area (Å²) in [6.45, 7) is 4.99. The van der Waals surface area contributed by atoms with E-state index in [0.29, 0.717) is 0 Å². The van der Waals surface area contributed by atoms with Crippen LogP contribution in [0.3, 0.4) is 0 Å². The second-order valence-corrected chi connectivity index (χ2v) is 4.66. The van der Waals surface area contributed by atoms with E-state index in [1.807, 2.05) is 19.1 Å². The third-order valence-electron chi connectivity index (χ3n) is 3.37. The van der Waals surface area contributed by atoms with Gasteiger partial charge >= 0.3 is 0 Å². The Morgan fingerprint density at radius 3 is 2.53 bits per heavy atom. The Bertz CT molecular complexity index is 323. The third kappa shape index (κ3) is 2.06. The second-order valence-electron chi connectivity index (χ2n) is 4.66. The first-order valence-electron chi connectivity index (χ1n) is 5.63. The minimum atomic E-state index is -0.746. The molecule has 0 aliphatic carbocycles. The van der Waals surface area contributed by atoms with Gasteiger partial charge in [-0.25, -0.2) is 0 Å². The molecule has 2 heteroatoms. The van der Waals surface area contributed by atoms with Crippen LogP contribution >= 0.6 is 0 Å². The third-order valence-corrected chi connectivity index (χ3v) is 3.37. The lowest BCUT2D eigenvalue weighted by Gasteiger charge is -2.30. The average molecular weight is 205 g/mol. The lowest BCUT2D eigenvalue weighted by atomic mass is 9.87. The molecule has 1 fully saturated rings. The predicted octanol–water partition coefficient (Wildman–Crippen LogP) is 1.95. The standard InChI is InChI=1S/C13H19NO/c1-10-5-7-11(8-6-10)13(2,15)12-4-3-9-14-12/h5-8,12,14-15H,3-4,9H2,1-2H3/t12-,13+/m1/s1. The molecule has 2 N–H and O–H groups in total. The van der Waals surface area contributed by atoms with E-state index in [2.05, 4.69) is 24.4 Å². The van der Waals surface area contributed by atoms with Crippen LogP contribution in [0.5, 0.6) is 0 Å². The first kappa shape index (κ1) is 10.7. The molecule has 1 heterocycles. The van der Waals surface area contributed by atoms with Crippen LogP contribution in [0.15, 0.2) is 24.3 Å². The minimum absolute atomic E-state index is 0.195. The van der Waals surface area contributed by atoms with Gasteiger partial charge in [-0.3, -0.25) is 0 Å². The van der Waals surface area contributed by atoms with Gasteiger partial charge in [0.05, 0.1) is 0 Å². The summed E-state index contributed by atoms with van der Waals surface area (Å²) in [6.07, 6.45) is 2.22. The van der Waals surface area contributed by atoms with Gasteiger partial charge in [0.15, 0.2) is 0 Å². The molecule has 1 saturated heterocycles. The Hall–Kier alpha value is -0.860. The summed E-state index contributed by atoms with van der Waals surface area (Å²) in [7, 11) is 0. The van der Waals surface area contributed by atoms with Crippen molar-refractivity contribution in [1.82, 2.24) is 5.32 Å². The summed E-state index contributed by atoms with van der Waals surface area (Å²) >= 11 is 0. The van der Waals surface area contributed by atoms with Crippen molar-refractivity contribution in [2.24, 2.45) is 0 Å². The Balaban J connectivity index is 2.23. The minimum Gasteiger partial charge on any atom is -0.384 e. The monoisotopic (exact) mass is 205 g/mol. The molecular weight excluding hydrogens is 186 g/mol. The van der Waals surface area contributed by atoms with Gasteiger partial charge in [-0.05, 0) is 38.8 Å². The van der Waals surface area contributed by atoms with Gasteiger partial charge in [-0.2, -0.15) is 0 Å². The SMILES string of the molecule is Cc1ccc([C@](C)(O)[C@H]2CCCN2)cc1. The molecule has 2 rings (SSSR count). The summed E-state index contributed by atoms with van der Waals surface area (Å²) in [5.41, 5.74) is 1.49. The number of hydrogen-bond donors (Lipinski definition) is 2. The van der Waals surface area contributed by atoms with Crippen molar-refractivity contribution in [3.05, 3.63) is 35.4 Å². The van der Waals surface area contributed by atoms with E-state index in [9.17, 15) is 5.11 Å². The maximum Gasteiger partial charge on any atom is 0.102 e. The van der Waals surface area contributed by atoms with Gasteiger partial charge in [-0.1, -0.05) is 29.8 Å². The van der Waals surface area contributed by atoms with Crippen LogP contribution in [0, 0.1) is 6.92 Å². The number of benzene rings is 1. The van der Waals surface area contributed by atoms with Crippen LogP contribution in [0.4, 0.5) is 0 Å². The van der Waals surface area contributed by atoms with Gasteiger partial charge in [-0.15, -0.1) is 0 Å². The lowest BCUT2D eigenvalue weighted by Crippen LogP contribution is -2.42. The fourth-order valence-electron chi connectivity index (χ4n) is 2.26. The summed E-state index contributed by atoms with van der Waals surface area (Å²) in [5.74, 6) is 0. The van der Waals surface area contributed by atoms with Crippen LogP contribution in [-0.2, 0) is 5.60 Å². The van der Waals surface area contributed by atoms with Crippen LogP contribution in [0.25, 0.3) is 0 Å². The maximum atomic E-state index is 10.5. The molecule has 0 unspecified atom stereocenters. The first-order valence-corrected chi connectivity index (χ1v) is 5.63. The van der Waals surface area contributed by atoms with Crippen LogP contribution in [0.2, 0.25) is 0 Å². The molecule has 82 valence electrons. The highest BCUT2D eigenvalue weighted by Crippen LogP contribution is 2.29. The van der Waals surface area contributed by atoms with Crippen molar-refractivity contribution in [2.75, 3.05) is 6.54 Å². The fraction of sp³-hybridized carbons (Fsp3) is 0.538. The van der Waals surface area contributed by atoms with E-state index in [4.69, 9.17) is 0 Å². The number of nitrogens with one attached hydrogen (secondary N) is 1. The molecule has 1 aliphatic heterocycles. The molecule has 2 atom stereocenters. The molecule has 0 bridgehead atoms. The van der Waals surface area contributed by atoms with E-state index >= 15 is 0 Å². The summed E-state index contributed by atoms with van der Waals surface area (Å²) < 4.78 is 0. The normalized spacial score (nSPS) is 25.1. The predicted molar refractivity (Wildman–Crippen MR) is 61.8 cm³/mol. The summed E-state index contributed by atoms with van der Waals surface area (Å²) in [4.78, 5) is 0. The molecule has 1 aliphatic rings. The van der Waals surface area contributed by atoms with E-state index < -0.39 is 5.60 Å². The van der Waals surface area contributed by atoms with E-state index in [1.165, 1.54) is 5.56 Å². The van der Waals surface area contributed by atoms with Gasteiger partial charge in [0.1, 0.15) is 5.60 Å². The highest BCUT2D eigenvalue weighted by atomic mass is 16.3. The lowest BCUT2D eigenvalue weighted by molar-refractivity contribution is 0.0218. The maximum absolute atomic E-state index is 10.5. The van der Waals surface area contributed by atoms with Gasteiger partial charge in [0.25, 0.3) is 0 Å². The molecule has 2 nitrogen and oxygen atoms in total. The zero-order chi connectivity index (χ0) is 10.9. The molecule has 0 radical (unpaired) electrons. The molecular formula is C13H19NO. The molecule has 1 aromatic carbocycles. The molecule has 15 heavy (non-hydrogen) atoms. The van der Waals surface area contributed by atoms with Crippen LogP contribution in [-0.4, -0.2) is 17.7 Å². The van der Waals surface area contributed by atoms with Crippen molar-refractivity contribution in [2.45, 2.75) is 38.3 Å². The van der Waals surface area contributed by atoms with E-state index in [1.54, 1.807) is 0 Å². The molecule has 0 amide bonds. The number of rotatable bonds is 2. The largest absolute Gasteiger partial charge is 0.384 e. The molecule has 0 saturated carbocycles. The average Bonchev–Trinajstić information content (AvgIpc) is 2.71. The zero-order valence-corrected chi connectivity index (χ0v) is 9.46. The Kier molecular flexibility index (Phi) is 2.81. The number of aliphatic hydroxyl groups is 1. The van der Waals surface area contributed by atoms with Gasteiger partial charge in [0, 0.05) is 6.04 Å². The Morgan fingerprint density at radius 2 is 2.00 bits per heavy atom. The van der Waals surface area contributed by atoms with Crippen molar-refractivity contribution in [3.8, 4) is 0 Å². The van der Waals surface area contributed by atoms with Crippen LogP contribution in [0.1, 0.15) is 30.9 Å².